The van der Waals surface area contributed by atoms with Gasteiger partial charge in [-0.05, 0) is 30.9 Å². The number of Topliss-reactive ketones (excluding diaryl/α,β-unsaturated/α-hetero) is 1. The van der Waals surface area contributed by atoms with Gasteiger partial charge in [-0.3, -0.25) is 9.59 Å². The molecule has 1 amide bonds. The topological polar surface area (TPSA) is 66.8 Å². The van der Waals surface area contributed by atoms with Crippen LogP contribution in [0, 0.1) is 0 Å². The second-order valence-corrected chi connectivity index (χ2v) is 8.29. The summed E-state index contributed by atoms with van der Waals surface area (Å²) >= 11 is 0. The summed E-state index contributed by atoms with van der Waals surface area (Å²) in [6.07, 6.45) is 5.82. The number of para-hydroxylation sites is 1. The van der Waals surface area contributed by atoms with Gasteiger partial charge in [-0.25, -0.2) is 0 Å². The predicted molar refractivity (Wildman–Crippen MR) is 120 cm³/mol. The number of ether oxygens (including phenoxy) is 1. The number of aryl methyl sites for hydroxylation is 1. The van der Waals surface area contributed by atoms with Crippen LogP contribution in [0.4, 0.5) is 0 Å². The number of likely N-dealkylation sites (tertiary alicyclic amines) is 1. The van der Waals surface area contributed by atoms with Gasteiger partial charge in [-0.15, -0.1) is 0 Å². The summed E-state index contributed by atoms with van der Waals surface area (Å²) < 4.78 is 5.57. The van der Waals surface area contributed by atoms with Crippen molar-refractivity contribution in [2.24, 2.45) is 0 Å². The molecule has 0 spiro atoms. The SMILES string of the molecule is CCc1ccc(/C(O)=C2/C(=O)C(=O)N(C3CCCCC3)C2c2ccccc2OC)cc1. The summed E-state index contributed by atoms with van der Waals surface area (Å²) in [6, 6.07) is 14.2. The van der Waals surface area contributed by atoms with E-state index in [4.69, 9.17) is 4.74 Å². The summed E-state index contributed by atoms with van der Waals surface area (Å²) in [5, 5.41) is 11.2. The summed E-state index contributed by atoms with van der Waals surface area (Å²) in [6.45, 7) is 2.06. The fourth-order valence-electron chi connectivity index (χ4n) is 4.84. The zero-order chi connectivity index (χ0) is 22.0. The third-order valence-corrected chi connectivity index (χ3v) is 6.52. The maximum absolute atomic E-state index is 13.2. The van der Waals surface area contributed by atoms with Crippen molar-refractivity contribution in [2.45, 2.75) is 57.5 Å². The van der Waals surface area contributed by atoms with E-state index in [2.05, 4.69) is 6.92 Å². The van der Waals surface area contributed by atoms with Crippen LogP contribution < -0.4 is 4.74 Å². The standard InChI is InChI=1S/C26H29NO4/c1-3-17-13-15-18(16-14-17)24(28)22-23(20-11-7-8-12-21(20)31-2)27(26(30)25(22)29)19-9-5-4-6-10-19/h7-8,11-16,19,23,28H,3-6,9-10H2,1-2H3/b24-22-. The monoisotopic (exact) mass is 419 g/mol. The van der Waals surface area contributed by atoms with Gasteiger partial charge in [0, 0.05) is 17.2 Å². The Morgan fingerprint density at radius 2 is 1.71 bits per heavy atom. The van der Waals surface area contributed by atoms with Gasteiger partial charge in [0.05, 0.1) is 18.7 Å². The largest absolute Gasteiger partial charge is 0.507 e. The lowest BCUT2D eigenvalue weighted by atomic mass is 9.90. The third-order valence-electron chi connectivity index (χ3n) is 6.52. The van der Waals surface area contributed by atoms with E-state index in [0.29, 0.717) is 11.3 Å². The smallest absolute Gasteiger partial charge is 0.295 e. The molecule has 1 saturated carbocycles. The Morgan fingerprint density at radius 3 is 2.35 bits per heavy atom. The number of hydrogen-bond donors (Lipinski definition) is 1. The molecule has 5 nitrogen and oxygen atoms in total. The molecule has 1 heterocycles. The Balaban J connectivity index is 1.88. The van der Waals surface area contributed by atoms with Gasteiger partial charge in [-0.1, -0.05) is 68.7 Å². The Hall–Kier alpha value is -3.08. The first kappa shape index (κ1) is 21.2. The van der Waals surface area contributed by atoms with Crippen LogP contribution in [0.25, 0.3) is 5.76 Å². The number of aliphatic hydroxyl groups is 1. The van der Waals surface area contributed by atoms with Gasteiger partial charge in [0.2, 0.25) is 0 Å². The lowest BCUT2D eigenvalue weighted by Gasteiger charge is -2.35. The lowest BCUT2D eigenvalue weighted by molar-refractivity contribution is -0.141. The van der Waals surface area contributed by atoms with Crippen molar-refractivity contribution in [3.63, 3.8) is 0 Å². The van der Waals surface area contributed by atoms with Crippen LogP contribution >= 0.6 is 0 Å². The van der Waals surface area contributed by atoms with Crippen molar-refractivity contribution in [1.29, 1.82) is 0 Å². The van der Waals surface area contributed by atoms with Gasteiger partial charge in [0.25, 0.3) is 11.7 Å². The average Bonchev–Trinajstić information content (AvgIpc) is 3.09. The highest BCUT2D eigenvalue weighted by molar-refractivity contribution is 6.46. The number of ketones is 1. The highest BCUT2D eigenvalue weighted by atomic mass is 16.5. The number of carbonyl (C=O) groups is 2. The van der Waals surface area contributed by atoms with Crippen LogP contribution in [0.1, 0.15) is 61.8 Å². The molecule has 2 aromatic carbocycles. The Bertz CT molecular complexity index is 1000. The summed E-state index contributed by atoms with van der Waals surface area (Å²) in [5.41, 5.74) is 2.55. The highest BCUT2D eigenvalue weighted by Crippen LogP contribution is 2.45. The second-order valence-electron chi connectivity index (χ2n) is 8.29. The molecule has 0 radical (unpaired) electrons. The van der Waals surface area contributed by atoms with Gasteiger partial charge in [0.15, 0.2) is 0 Å². The normalized spacial score (nSPS) is 21.5. The number of aliphatic hydroxyl groups excluding tert-OH is 1. The van der Waals surface area contributed by atoms with Crippen molar-refractivity contribution in [3.8, 4) is 5.75 Å². The first-order valence-electron chi connectivity index (χ1n) is 11.1. The molecular formula is C26H29NO4. The molecule has 1 atom stereocenters. The highest BCUT2D eigenvalue weighted by Gasteiger charge is 2.49. The predicted octanol–water partition coefficient (Wildman–Crippen LogP) is 5.01. The molecule has 0 aromatic heterocycles. The van der Waals surface area contributed by atoms with Crippen LogP contribution in [0.15, 0.2) is 54.1 Å². The summed E-state index contributed by atoms with van der Waals surface area (Å²) in [5.74, 6) is -0.689. The van der Waals surface area contributed by atoms with E-state index in [1.165, 1.54) is 0 Å². The van der Waals surface area contributed by atoms with E-state index in [-0.39, 0.29) is 17.4 Å². The molecule has 1 N–H and O–H groups in total. The summed E-state index contributed by atoms with van der Waals surface area (Å²) in [4.78, 5) is 28.2. The number of carbonyl (C=O) groups excluding carboxylic acids is 2. The molecule has 2 aromatic rings. The van der Waals surface area contributed by atoms with E-state index >= 15 is 0 Å². The van der Waals surface area contributed by atoms with Gasteiger partial charge < -0.3 is 14.7 Å². The van der Waals surface area contributed by atoms with Crippen LogP contribution in [0.5, 0.6) is 5.75 Å². The zero-order valence-electron chi connectivity index (χ0n) is 18.1. The first-order valence-corrected chi connectivity index (χ1v) is 11.1. The molecule has 31 heavy (non-hydrogen) atoms. The zero-order valence-corrected chi connectivity index (χ0v) is 18.1. The first-order chi connectivity index (χ1) is 15.1. The molecule has 1 saturated heterocycles. The average molecular weight is 420 g/mol. The molecular weight excluding hydrogens is 390 g/mol. The van der Waals surface area contributed by atoms with E-state index in [1.54, 1.807) is 12.0 Å². The van der Waals surface area contributed by atoms with Crippen molar-refractivity contribution >= 4 is 17.4 Å². The molecule has 5 heteroatoms. The maximum Gasteiger partial charge on any atom is 0.295 e. The second kappa shape index (κ2) is 8.96. The fraction of sp³-hybridized carbons (Fsp3) is 0.385. The van der Waals surface area contributed by atoms with Crippen molar-refractivity contribution in [1.82, 2.24) is 4.90 Å². The Morgan fingerprint density at radius 1 is 1.03 bits per heavy atom. The molecule has 2 fully saturated rings. The number of hydrogen-bond acceptors (Lipinski definition) is 4. The van der Waals surface area contributed by atoms with Crippen LogP contribution in [0.2, 0.25) is 0 Å². The van der Waals surface area contributed by atoms with E-state index < -0.39 is 17.7 Å². The minimum atomic E-state index is -0.662. The number of benzene rings is 2. The minimum absolute atomic E-state index is 0.0205. The molecule has 1 aliphatic heterocycles. The van der Waals surface area contributed by atoms with Crippen molar-refractivity contribution in [2.75, 3.05) is 7.11 Å². The number of methoxy groups -OCH3 is 1. The molecule has 0 bridgehead atoms. The third kappa shape index (κ3) is 3.85. The van der Waals surface area contributed by atoms with Crippen molar-refractivity contribution < 1.29 is 19.4 Å². The minimum Gasteiger partial charge on any atom is -0.507 e. The number of rotatable bonds is 5. The molecule has 2 aliphatic rings. The molecule has 4 rings (SSSR count). The number of nitrogens with zero attached hydrogens (tertiary/aromatic N) is 1. The summed E-state index contributed by atoms with van der Waals surface area (Å²) in [7, 11) is 1.58. The molecule has 1 unspecified atom stereocenters. The fourth-order valence-corrected chi connectivity index (χ4v) is 4.84. The molecule has 162 valence electrons. The van der Waals surface area contributed by atoms with Crippen LogP contribution in [0.3, 0.4) is 0 Å². The van der Waals surface area contributed by atoms with Crippen LogP contribution in [-0.2, 0) is 16.0 Å². The number of amides is 1. The van der Waals surface area contributed by atoms with Crippen LogP contribution in [-0.4, -0.2) is 34.8 Å². The Labute approximate surface area is 183 Å². The maximum atomic E-state index is 13.2. The quantitative estimate of drug-likeness (QED) is 0.420. The van der Waals surface area contributed by atoms with E-state index in [9.17, 15) is 14.7 Å². The lowest BCUT2D eigenvalue weighted by Crippen LogP contribution is -2.40. The van der Waals surface area contributed by atoms with Gasteiger partial charge in [-0.2, -0.15) is 0 Å². The van der Waals surface area contributed by atoms with E-state index in [0.717, 1.165) is 49.7 Å². The van der Waals surface area contributed by atoms with Crippen molar-refractivity contribution in [3.05, 3.63) is 70.8 Å². The van der Waals surface area contributed by atoms with E-state index in [1.807, 2.05) is 48.5 Å². The Kier molecular flexibility index (Phi) is 6.12. The van der Waals surface area contributed by atoms with Gasteiger partial charge >= 0.3 is 0 Å². The molecule has 1 aliphatic carbocycles. The van der Waals surface area contributed by atoms with Gasteiger partial charge in [0.1, 0.15) is 11.5 Å².